The highest BCUT2D eigenvalue weighted by Crippen LogP contribution is 2.13. The van der Waals surface area contributed by atoms with E-state index in [4.69, 9.17) is 14.9 Å². The maximum atomic E-state index is 10.4. The van der Waals surface area contributed by atoms with Gasteiger partial charge in [0.25, 0.3) is 0 Å². The molecule has 0 atom stereocenters. The lowest BCUT2D eigenvalue weighted by Crippen LogP contribution is -1.98. The average Bonchev–Trinajstić information content (AvgIpc) is 2.33. The van der Waals surface area contributed by atoms with Crippen molar-refractivity contribution in [1.29, 1.82) is 0 Å². The van der Waals surface area contributed by atoms with Crippen LogP contribution in [0.3, 0.4) is 0 Å². The van der Waals surface area contributed by atoms with Crippen LogP contribution in [0.4, 0.5) is 0 Å². The minimum Gasteiger partial charge on any atom is -0.478 e. The number of hydrogen-bond donors (Lipinski definition) is 2. The fourth-order valence-corrected chi connectivity index (χ4v) is 1.51. The van der Waals surface area contributed by atoms with Gasteiger partial charge in [0.05, 0.1) is 0 Å². The number of hydrogen-bond acceptors (Lipinski definition) is 3. The van der Waals surface area contributed by atoms with E-state index in [-0.39, 0.29) is 6.79 Å². The van der Waals surface area contributed by atoms with E-state index < -0.39 is 5.97 Å². The molecule has 17 heavy (non-hydrogen) atoms. The summed E-state index contributed by atoms with van der Waals surface area (Å²) in [5.74, 6) is -0.955. The number of carboxylic acids is 1. The van der Waals surface area contributed by atoms with Gasteiger partial charge in [0.1, 0.15) is 6.79 Å². The lowest BCUT2D eigenvalue weighted by molar-refractivity contribution is -0.131. The van der Waals surface area contributed by atoms with Gasteiger partial charge < -0.3 is 14.9 Å². The van der Waals surface area contributed by atoms with Crippen LogP contribution < -0.4 is 0 Å². The van der Waals surface area contributed by atoms with Crippen molar-refractivity contribution in [1.82, 2.24) is 0 Å². The van der Waals surface area contributed by atoms with Crippen molar-refractivity contribution in [2.75, 3.05) is 13.4 Å². The quantitative estimate of drug-likeness (QED) is 0.429. The van der Waals surface area contributed by atoms with Gasteiger partial charge in [-0.05, 0) is 30.0 Å². The molecule has 0 aliphatic carbocycles. The van der Waals surface area contributed by atoms with E-state index in [0.717, 1.165) is 30.0 Å². The molecule has 4 heteroatoms. The predicted molar refractivity (Wildman–Crippen MR) is 64.5 cm³/mol. The molecule has 0 amide bonds. The Bertz CT molecular complexity index is 385. The average molecular weight is 236 g/mol. The first-order valence-electron chi connectivity index (χ1n) is 5.41. The Morgan fingerprint density at radius 2 is 2.12 bits per heavy atom. The number of rotatable bonds is 7. The summed E-state index contributed by atoms with van der Waals surface area (Å²) in [5.41, 5.74) is 1.98. The van der Waals surface area contributed by atoms with E-state index in [9.17, 15) is 4.79 Å². The van der Waals surface area contributed by atoms with Gasteiger partial charge in [0.2, 0.25) is 0 Å². The Hall–Kier alpha value is -1.65. The summed E-state index contributed by atoms with van der Waals surface area (Å²) >= 11 is 0. The molecule has 0 unspecified atom stereocenters. The second-order valence-corrected chi connectivity index (χ2v) is 3.51. The van der Waals surface area contributed by atoms with Crippen molar-refractivity contribution in [3.63, 3.8) is 0 Å². The van der Waals surface area contributed by atoms with Gasteiger partial charge in [-0.1, -0.05) is 24.3 Å². The van der Waals surface area contributed by atoms with E-state index in [1.807, 2.05) is 24.3 Å². The molecule has 1 aromatic carbocycles. The third-order valence-corrected chi connectivity index (χ3v) is 2.29. The highest BCUT2D eigenvalue weighted by Gasteiger charge is 1.99. The van der Waals surface area contributed by atoms with Crippen LogP contribution in [0.5, 0.6) is 0 Å². The molecule has 0 aliphatic rings. The molecule has 0 aliphatic heterocycles. The lowest BCUT2D eigenvalue weighted by atomic mass is 10.0. The van der Waals surface area contributed by atoms with Gasteiger partial charge in [0.15, 0.2) is 0 Å². The first-order valence-corrected chi connectivity index (χ1v) is 5.41. The van der Waals surface area contributed by atoms with Gasteiger partial charge >= 0.3 is 5.97 Å². The number of aryl methyl sites for hydroxylation is 1. The fraction of sp³-hybridized carbons (Fsp3) is 0.308. The summed E-state index contributed by atoms with van der Waals surface area (Å²) in [6.45, 7) is 0.230. The van der Waals surface area contributed by atoms with Gasteiger partial charge in [-0.25, -0.2) is 4.79 Å². The molecule has 0 bridgehead atoms. The van der Waals surface area contributed by atoms with Crippen LogP contribution in [0, 0.1) is 0 Å². The molecule has 0 saturated carbocycles. The lowest BCUT2D eigenvalue weighted by Gasteiger charge is -2.05. The van der Waals surface area contributed by atoms with Crippen LogP contribution in [0.1, 0.15) is 17.5 Å². The maximum absolute atomic E-state index is 10.4. The van der Waals surface area contributed by atoms with Gasteiger partial charge in [0, 0.05) is 12.7 Å². The van der Waals surface area contributed by atoms with Crippen LogP contribution in [0.2, 0.25) is 0 Å². The standard InChI is InChI=1S/C13H16O4/c14-10-17-9-3-6-11-4-1-2-5-12(11)7-8-13(15)16/h1-2,4-5,7-8,14H,3,6,9-10H2,(H,15,16)/b8-7+. The minimum atomic E-state index is -0.955. The Balaban J connectivity index is 2.61. The largest absolute Gasteiger partial charge is 0.478 e. The van der Waals surface area contributed by atoms with Crippen molar-refractivity contribution < 1.29 is 19.7 Å². The second kappa shape index (κ2) is 7.60. The molecule has 0 radical (unpaired) electrons. The summed E-state index contributed by atoms with van der Waals surface area (Å²) in [4.78, 5) is 10.4. The van der Waals surface area contributed by atoms with Crippen LogP contribution in [-0.4, -0.2) is 29.6 Å². The Morgan fingerprint density at radius 1 is 1.35 bits per heavy atom. The minimum absolute atomic E-state index is 0.263. The van der Waals surface area contributed by atoms with E-state index in [2.05, 4.69) is 0 Å². The summed E-state index contributed by atoms with van der Waals surface area (Å²) in [6, 6.07) is 7.62. The third-order valence-electron chi connectivity index (χ3n) is 2.29. The van der Waals surface area contributed by atoms with Crippen LogP contribution >= 0.6 is 0 Å². The molecule has 2 N–H and O–H groups in total. The number of aliphatic hydroxyl groups is 1. The highest BCUT2D eigenvalue weighted by atomic mass is 16.6. The van der Waals surface area contributed by atoms with Gasteiger partial charge in [-0.3, -0.25) is 0 Å². The summed E-state index contributed by atoms with van der Waals surface area (Å²) in [6.07, 6.45) is 4.30. The zero-order valence-electron chi connectivity index (χ0n) is 9.50. The Kier molecular flexibility index (Phi) is 5.99. The van der Waals surface area contributed by atoms with Gasteiger partial charge in [-0.2, -0.15) is 0 Å². The molecule has 0 saturated heterocycles. The van der Waals surface area contributed by atoms with E-state index in [0.29, 0.717) is 6.61 Å². The normalized spacial score (nSPS) is 10.9. The fourth-order valence-electron chi connectivity index (χ4n) is 1.51. The first kappa shape index (κ1) is 13.4. The van der Waals surface area contributed by atoms with E-state index in [1.54, 1.807) is 6.08 Å². The Morgan fingerprint density at radius 3 is 2.82 bits per heavy atom. The molecular weight excluding hydrogens is 220 g/mol. The van der Waals surface area contributed by atoms with Crippen LogP contribution in [-0.2, 0) is 16.0 Å². The number of ether oxygens (including phenoxy) is 1. The molecule has 0 fully saturated rings. The predicted octanol–water partition coefficient (Wildman–Crippen LogP) is 1.68. The smallest absolute Gasteiger partial charge is 0.328 e. The zero-order chi connectivity index (χ0) is 12.5. The number of benzene rings is 1. The van der Waals surface area contributed by atoms with Crippen molar-refractivity contribution in [3.8, 4) is 0 Å². The molecule has 4 nitrogen and oxygen atoms in total. The Labute approximate surface area is 100 Å². The zero-order valence-corrected chi connectivity index (χ0v) is 9.50. The van der Waals surface area contributed by atoms with Gasteiger partial charge in [-0.15, -0.1) is 0 Å². The SMILES string of the molecule is O=C(O)/C=C/c1ccccc1CCCOCO. The first-order chi connectivity index (χ1) is 8.24. The molecule has 92 valence electrons. The van der Waals surface area contributed by atoms with Crippen LogP contribution in [0.15, 0.2) is 30.3 Å². The second-order valence-electron chi connectivity index (χ2n) is 3.51. The summed E-state index contributed by atoms with van der Waals surface area (Å²) in [5, 5.41) is 17.0. The van der Waals surface area contributed by atoms with Crippen LogP contribution in [0.25, 0.3) is 6.08 Å². The monoisotopic (exact) mass is 236 g/mol. The number of carboxylic acid groups (broad SMARTS) is 1. The third kappa shape index (κ3) is 5.29. The molecule has 0 aromatic heterocycles. The number of aliphatic carboxylic acids is 1. The highest BCUT2D eigenvalue weighted by molar-refractivity contribution is 5.85. The number of aliphatic hydroxyl groups excluding tert-OH is 1. The topological polar surface area (TPSA) is 66.8 Å². The summed E-state index contributed by atoms with van der Waals surface area (Å²) < 4.78 is 4.84. The molecular formula is C13H16O4. The van der Waals surface area contributed by atoms with Crippen molar-refractivity contribution in [2.45, 2.75) is 12.8 Å². The van der Waals surface area contributed by atoms with E-state index in [1.165, 1.54) is 0 Å². The van der Waals surface area contributed by atoms with Crippen molar-refractivity contribution >= 4 is 12.0 Å². The molecule has 0 heterocycles. The van der Waals surface area contributed by atoms with Crippen molar-refractivity contribution in [3.05, 3.63) is 41.5 Å². The molecule has 0 spiro atoms. The van der Waals surface area contributed by atoms with E-state index >= 15 is 0 Å². The molecule has 1 rings (SSSR count). The summed E-state index contributed by atoms with van der Waals surface area (Å²) in [7, 11) is 0. The number of carbonyl (C=O) groups is 1. The molecule has 1 aromatic rings. The maximum Gasteiger partial charge on any atom is 0.328 e. The van der Waals surface area contributed by atoms with Crippen molar-refractivity contribution in [2.24, 2.45) is 0 Å².